The van der Waals surface area contributed by atoms with Gasteiger partial charge in [0, 0.05) is 56.5 Å². The SMILES string of the molecule is CNc1cccc2c1N(CC=O)C1CCN(CCCC(=O)c3ccncc3)CC21. The van der Waals surface area contributed by atoms with E-state index in [1.165, 1.54) is 11.3 Å². The summed E-state index contributed by atoms with van der Waals surface area (Å²) < 4.78 is 0. The molecule has 2 atom stereocenters. The van der Waals surface area contributed by atoms with Gasteiger partial charge in [0.25, 0.3) is 0 Å². The molecule has 6 heteroatoms. The van der Waals surface area contributed by atoms with Crippen molar-refractivity contribution in [1.29, 1.82) is 0 Å². The molecule has 0 amide bonds. The first-order chi connectivity index (χ1) is 14.2. The Kier molecular flexibility index (Phi) is 5.90. The van der Waals surface area contributed by atoms with Gasteiger partial charge in [-0.25, -0.2) is 0 Å². The fraction of sp³-hybridized carbons (Fsp3) is 0.435. The first kappa shape index (κ1) is 19.6. The van der Waals surface area contributed by atoms with Gasteiger partial charge in [-0.15, -0.1) is 0 Å². The largest absolute Gasteiger partial charge is 0.386 e. The lowest BCUT2D eigenvalue weighted by molar-refractivity contribution is -0.106. The average molecular weight is 393 g/mol. The summed E-state index contributed by atoms with van der Waals surface area (Å²) in [7, 11) is 1.93. The number of benzene rings is 1. The molecule has 29 heavy (non-hydrogen) atoms. The van der Waals surface area contributed by atoms with Crippen molar-refractivity contribution >= 4 is 23.4 Å². The smallest absolute Gasteiger partial charge is 0.163 e. The van der Waals surface area contributed by atoms with Crippen LogP contribution in [-0.4, -0.2) is 61.2 Å². The van der Waals surface area contributed by atoms with Crippen LogP contribution in [0.1, 0.15) is 41.1 Å². The zero-order valence-corrected chi connectivity index (χ0v) is 16.9. The standard InChI is InChI=1S/C23H28N4O2/c1-24-20-5-2-4-18-19-16-26(13-9-21(19)27(14-15-28)23(18)20)12-3-6-22(29)17-7-10-25-11-8-17/h2,4-5,7-8,10-11,15,19,21,24H,3,6,9,12-14,16H2,1H3. The second kappa shape index (κ2) is 8.74. The Hall–Kier alpha value is -2.73. The number of carbonyl (C=O) groups is 2. The minimum absolute atomic E-state index is 0.185. The highest BCUT2D eigenvalue weighted by Gasteiger charge is 2.42. The van der Waals surface area contributed by atoms with Gasteiger partial charge in [0.05, 0.1) is 17.9 Å². The molecule has 0 saturated carbocycles. The molecule has 0 spiro atoms. The summed E-state index contributed by atoms with van der Waals surface area (Å²) in [4.78, 5) is 32.4. The Labute approximate surface area is 171 Å². The molecule has 2 unspecified atom stereocenters. The number of nitrogens with zero attached hydrogens (tertiary/aromatic N) is 3. The predicted octanol–water partition coefficient (Wildman–Crippen LogP) is 2.96. The molecule has 152 valence electrons. The van der Waals surface area contributed by atoms with Crippen LogP contribution in [0.2, 0.25) is 0 Å². The van der Waals surface area contributed by atoms with Crippen molar-refractivity contribution < 1.29 is 9.59 Å². The monoisotopic (exact) mass is 392 g/mol. The second-order valence-electron chi connectivity index (χ2n) is 7.84. The molecule has 6 nitrogen and oxygen atoms in total. The summed E-state index contributed by atoms with van der Waals surface area (Å²) in [6.07, 6.45) is 6.80. The molecule has 4 rings (SSSR count). The first-order valence-electron chi connectivity index (χ1n) is 10.4. The van der Waals surface area contributed by atoms with Crippen molar-refractivity contribution in [3.8, 4) is 0 Å². The molecule has 3 heterocycles. The van der Waals surface area contributed by atoms with E-state index in [4.69, 9.17) is 0 Å². The number of hydrogen-bond acceptors (Lipinski definition) is 6. The van der Waals surface area contributed by atoms with E-state index < -0.39 is 0 Å². The van der Waals surface area contributed by atoms with Gasteiger partial charge in [-0.2, -0.15) is 0 Å². The van der Waals surface area contributed by atoms with Crippen molar-refractivity contribution in [1.82, 2.24) is 9.88 Å². The lowest BCUT2D eigenvalue weighted by Gasteiger charge is -2.38. The number of fused-ring (bicyclic) bond motifs is 3. The van der Waals surface area contributed by atoms with Gasteiger partial charge in [-0.3, -0.25) is 9.78 Å². The highest BCUT2D eigenvalue weighted by atomic mass is 16.1. The number of likely N-dealkylation sites (tertiary alicyclic amines) is 1. The number of rotatable bonds is 8. The third-order valence-electron chi connectivity index (χ3n) is 6.24. The zero-order valence-electron chi connectivity index (χ0n) is 16.9. The van der Waals surface area contributed by atoms with Crippen LogP contribution in [0, 0.1) is 0 Å². The number of piperidine rings is 1. The second-order valence-corrected chi connectivity index (χ2v) is 7.84. The Morgan fingerprint density at radius 2 is 2.10 bits per heavy atom. The van der Waals surface area contributed by atoms with Crippen LogP contribution in [0.3, 0.4) is 0 Å². The van der Waals surface area contributed by atoms with E-state index in [0.29, 0.717) is 24.9 Å². The zero-order chi connectivity index (χ0) is 20.2. The Morgan fingerprint density at radius 3 is 2.86 bits per heavy atom. The van der Waals surface area contributed by atoms with E-state index in [1.54, 1.807) is 24.5 Å². The molecule has 0 bridgehead atoms. The quantitative estimate of drug-likeness (QED) is 0.550. The number of para-hydroxylation sites is 1. The fourth-order valence-corrected chi connectivity index (χ4v) is 4.89. The average Bonchev–Trinajstić information content (AvgIpc) is 3.08. The van der Waals surface area contributed by atoms with E-state index in [-0.39, 0.29) is 5.78 Å². The van der Waals surface area contributed by atoms with Crippen LogP contribution in [0.15, 0.2) is 42.7 Å². The number of ketones is 1. The maximum Gasteiger partial charge on any atom is 0.163 e. The number of hydrogen-bond donors (Lipinski definition) is 1. The maximum absolute atomic E-state index is 12.3. The molecule has 2 aliphatic rings. The van der Waals surface area contributed by atoms with Gasteiger partial charge >= 0.3 is 0 Å². The maximum atomic E-state index is 12.3. The summed E-state index contributed by atoms with van der Waals surface area (Å²) in [5, 5.41) is 3.29. The van der Waals surface area contributed by atoms with Crippen molar-refractivity contribution in [3.05, 3.63) is 53.9 Å². The third kappa shape index (κ3) is 3.90. The highest BCUT2D eigenvalue weighted by Crippen LogP contribution is 2.47. The van der Waals surface area contributed by atoms with Gasteiger partial charge in [0.2, 0.25) is 0 Å². The lowest BCUT2D eigenvalue weighted by Crippen LogP contribution is -2.47. The Balaban J connectivity index is 1.41. The number of aldehydes is 1. The van der Waals surface area contributed by atoms with Gasteiger partial charge in [-0.1, -0.05) is 12.1 Å². The number of anilines is 2. The molecular formula is C23H28N4O2. The predicted molar refractivity (Wildman–Crippen MR) is 115 cm³/mol. The van der Waals surface area contributed by atoms with Gasteiger partial charge in [0.1, 0.15) is 6.29 Å². The molecule has 2 aliphatic heterocycles. The molecule has 0 aliphatic carbocycles. The molecule has 1 saturated heterocycles. The lowest BCUT2D eigenvalue weighted by atomic mass is 9.88. The number of pyridine rings is 1. The minimum Gasteiger partial charge on any atom is -0.386 e. The van der Waals surface area contributed by atoms with E-state index >= 15 is 0 Å². The topological polar surface area (TPSA) is 65.5 Å². The van der Waals surface area contributed by atoms with E-state index in [2.05, 4.69) is 38.3 Å². The molecule has 2 aromatic rings. The summed E-state index contributed by atoms with van der Waals surface area (Å²) in [5.74, 6) is 0.590. The summed E-state index contributed by atoms with van der Waals surface area (Å²) in [6.45, 7) is 3.34. The van der Waals surface area contributed by atoms with Crippen LogP contribution in [-0.2, 0) is 4.79 Å². The molecule has 1 aromatic heterocycles. The summed E-state index contributed by atoms with van der Waals surface area (Å²) in [6, 6.07) is 10.3. The fourth-order valence-electron chi connectivity index (χ4n) is 4.89. The van der Waals surface area contributed by atoms with Crippen LogP contribution in [0.4, 0.5) is 11.4 Å². The minimum atomic E-state index is 0.185. The number of nitrogens with one attached hydrogen (secondary N) is 1. The summed E-state index contributed by atoms with van der Waals surface area (Å²) in [5.41, 5.74) is 4.36. The number of Topliss-reactive ketones (excluding diaryl/α,β-unsaturated/α-hetero) is 1. The van der Waals surface area contributed by atoms with E-state index in [0.717, 1.165) is 50.0 Å². The van der Waals surface area contributed by atoms with Crippen LogP contribution in [0.5, 0.6) is 0 Å². The normalized spacial score (nSPS) is 20.8. The number of carbonyl (C=O) groups excluding carboxylic acids is 2. The van der Waals surface area contributed by atoms with Gasteiger partial charge in [-0.05, 0) is 43.1 Å². The van der Waals surface area contributed by atoms with E-state index in [9.17, 15) is 9.59 Å². The van der Waals surface area contributed by atoms with Crippen molar-refractivity contribution in [2.45, 2.75) is 31.2 Å². The Morgan fingerprint density at radius 1 is 1.28 bits per heavy atom. The van der Waals surface area contributed by atoms with Crippen molar-refractivity contribution in [2.75, 3.05) is 43.4 Å². The molecular weight excluding hydrogens is 364 g/mol. The molecule has 1 N–H and O–H groups in total. The van der Waals surface area contributed by atoms with Gasteiger partial charge in [0.15, 0.2) is 5.78 Å². The van der Waals surface area contributed by atoms with Crippen LogP contribution >= 0.6 is 0 Å². The van der Waals surface area contributed by atoms with Crippen LogP contribution in [0.25, 0.3) is 0 Å². The summed E-state index contributed by atoms with van der Waals surface area (Å²) >= 11 is 0. The first-order valence-corrected chi connectivity index (χ1v) is 10.4. The van der Waals surface area contributed by atoms with Crippen molar-refractivity contribution in [2.24, 2.45) is 0 Å². The molecule has 0 radical (unpaired) electrons. The third-order valence-corrected chi connectivity index (χ3v) is 6.24. The molecule has 1 aromatic carbocycles. The van der Waals surface area contributed by atoms with Crippen LogP contribution < -0.4 is 10.2 Å². The molecule has 1 fully saturated rings. The number of aromatic nitrogens is 1. The van der Waals surface area contributed by atoms with E-state index in [1.807, 2.05) is 7.05 Å². The van der Waals surface area contributed by atoms with Crippen molar-refractivity contribution in [3.63, 3.8) is 0 Å². The Bertz CT molecular complexity index is 870. The van der Waals surface area contributed by atoms with Gasteiger partial charge < -0.3 is 19.9 Å². The highest BCUT2D eigenvalue weighted by molar-refractivity contribution is 5.95.